The van der Waals surface area contributed by atoms with E-state index in [4.69, 9.17) is 22.1 Å². The molecule has 0 amide bonds. The summed E-state index contributed by atoms with van der Waals surface area (Å²) in [6.45, 7) is 2.85. The lowest BCUT2D eigenvalue weighted by molar-refractivity contribution is 0.348. The van der Waals surface area contributed by atoms with E-state index < -0.39 is 0 Å². The van der Waals surface area contributed by atoms with Gasteiger partial charge in [0, 0.05) is 22.1 Å². The molecule has 0 aliphatic rings. The topological polar surface area (TPSA) is 35.2 Å². The van der Waals surface area contributed by atoms with Gasteiger partial charge in [-0.05, 0) is 30.7 Å². The van der Waals surface area contributed by atoms with Gasteiger partial charge in [-0.2, -0.15) is 0 Å². The zero-order valence-corrected chi connectivity index (χ0v) is 10.8. The normalized spacial score (nSPS) is 11.6. The van der Waals surface area contributed by atoms with Crippen LogP contribution in [0.15, 0.2) is 33.8 Å². The van der Waals surface area contributed by atoms with E-state index in [9.17, 15) is 0 Å². The molecule has 4 heteroatoms. The highest BCUT2D eigenvalue weighted by Crippen LogP contribution is 2.23. The lowest BCUT2D eigenvalue weighted by Crippen LogP contribution is -2.04. The Labute approximate surface area is 103 Å². The lowest BCUT2D eigenvalue weighted by Gasteiger charge is -2.10. The molecule has 2 N–H and O–H groups in total. The summed E-state index contributed by atoms with van der Waals surface area (Å²) in [6.07, 6.45) is 0. The van der Waals surface area contributed by atoms with Crippen LogP contribution in [-0.2, 0) is 6.54 Å². The van der Waals surface area contributed by atoms with Gasteiger partial charge in [0.05, 0.1) is 0 Å². The second-order valence-electron chi connectivity index (χ2n) is 3.20. The number of halogens is 2. The zero-order valence-electron chi connectivity index (χ0n) is 8.47. The number of ether oxygens (including phenoxy) is 1. The van der Waals surface area contributed by atoms with Gasteiger partial charge in [-0.1, -0.05) is 27.5 Å². The van der Waals surface area contributed by atoms with Gasteiger partial charge in [-0.15, -0.1) is 0 Å². The van der Waals surface area contributed by atoms with E-state index in [1.807, 2.05) is 25.1 Å². The summed E-state index contributed by atoms with van der Waals surface area (Å²) in [4.78, 5) is 0. The van der Waals surface area contributed by atoms with Gasteiger partial charge >= 0.3 is 0 Å². The monoisotopic (exact) mass is 289 g/mol. The fraction of sp³-hybridized carbons (Fsp3) is 0.273. The molecule has 82 valence electrons. The first-order chi connectivity index (χ1) is 7.17. The molecule has 0 fully saturated rings. The van der Waals surface area contributed by atoms with E-state index in [1.165, 1.54) is 5.54 Å². The molecular formula is C11H13BrClNO. The Morgan fingerprint density at radius 3 is 2.93 bits per heavy atom. The van der Waals surface area contributed by atoms with Gasteiger partial charge in [-0.25, -0.2) is 0 Å². The minimum absolute atomic E-state index is 0.457. The van der Waals surface area contributed by atoms with Gasteiger partial charge in [0.15, 0.2) is 0 Å². The maximum Gasteiger partial charge on any atom is 0.124 e. The highest BCUT2D eigenvalue weighted by atomic mass is 79.9. The van der Waals surface area contributed by atoms with E-state index in [0.29, 0.717) is 13.2 Å². The third-order valence-electron chi connectivity index (χ3n) is 1.88. The molecule has 0 bridgehead atoms. The van der Waals surface area contributed by atoms with Crippen LogP contribution in [0.5, 0.6) is 5.75 Å². The van der Waals surface area contributed by atoms with Crippen molar-refractivity contribution >= 4 is 27.5 Å². The van der Waals surface area contributed by atoms with Crippen LogP contribution < -0.4 is 10.5 Å². The van der Waals surface area contributed by atoms with Crippen LogP contribution in [0.1, 0.15) is 12.5 Å². The predicted octanol–water partition coefficient (Wildman–Crippen LogP) is 3.43. The van der Waals surface area contributed by atoms with Crippen molar-refractivity contribution < 1.29 is 4.74 Å². The van der Waals surface area contributed by atoms with Crippen molar-refractivity contribution in [3.8, 4) is 5.75 Å². The first kappa shape index (κ1) is 12.6. The smallest absolute Gasteiger partial charge is 0.124 e. The van der Waals surface area contributed by atoms with Gasteiger partial charge in [0.1, 0.15) is 12.4 Å². The molecule has 0 unspecified atom stereocenters. The molecule has 0 saturated carbocycles. The number of hydrogen-bond donors (Lipinski definition) is 1. The standard InChI is InChI=1S/C11H13BrClNO/c1-8(5-13)7-15-11-3-2-10(12)4-9(11)6-14/h2-5H,6-7,14H2,1H3/b8-5-. The second kappa shape index (κ2) is 6.16. The Morgan fingerprint density at radius 1 is 1.60 bits per heavy atom. The molecule has 0 spiro atoms. The van der Waals surface area contributed by atoms with Crippen molar-refractivity contribution in [1.29, 1.82) is 0 Å². The summed E-state index contributed by atoms with van der Waals surface area (Å²) in [6, 6.07) is 5.77. The lowest BCUT2D eigenvalue weighted by atomic mass is 10.2. The average Bonchev–Trinajstić information content (AvgIpc) is 2.26. The van der Waals surface area contributed by atoms with E-state index in [0.717, 1.165) is 21.4 Å². The predicted molar refractivity (Wildman–Crippen MR) is 67.1 cm³/mol. The first-order valence-electron chi connectivity index (χ1n) is 4.54. The minimum Gasteiger partial charge on any atom is -0.489 e. The average molecular weight is 291 g/mol. The van der Waals surface area contributed by atoms with Crippen molar-refractivity contribution in [3.05, 3.63) is 39.3 Å². The summed E-state index contributed by atoms with van der Waals surface area (Å²) in [7, 11) is 0. The van der Waals surface area contributed by atoms with Crippen molar-refractivity contribution in [2.45, 2.75) is 13.5 Å². The fourth-order valence-electron chi connectivity index (χ4n) is 1.07. The van der Waals surface area contributed by atoms with Gasteiger partial charge in [0.25, 0.3) is 0 Å². The summed E-state index contributed by atoms with van der Waals surface area (Å²) in [5.74, 6) is 0.804. The van der Waals surface area contributed by atoms with Crippen LogP contribution >= 0.6 is 27.5 Å². The van der Waals surface area contributed by atoms with Crippen LogP contribution in [0.3, 0.4) is 0 Å². The third kappa shape index (κ3) is 3.86. The Kier molecular flexibility index (Phi) is 5.15. The van der Waals surface area contributed by atoms with Crippen molar-refractivity contribution in [2.24, 2.45) is 5.73 Å². The third-order valence-corrected chi connectivity index (χ3v) is 2.75. The molecule has 0 atom stereocenters. The van der Waals surface area contributed by atoms with E-state index in [2.05, 4.69) is 15.9 Å². The van der Waals surface area contributed by atoms with Gasteiger partial charge < -0.3 is 10.5 Å². The van der Waals surface area contributed by atoms with Crippen LogP contribution in [0.2, 0.25) is 0 Å². The summed E-state index contributed by atoms with van der Waals surface area (Å²) in [5.41, 5.74) is 9.08. The molecular weight excluding hydrogens is 277 g/mol. The Balaban J connectivity index is 2.76. The molecule has 15 heavy (non-hydrogen) atoms. The van der Waals surface area contributed by atoms with E-state index in [1.54, 1.807) is 0 Å². The fourth-order valence-corrected chi connectivity index (χ4v) is 1.54. The number of nitrogens with two attached hydrogens (primary N) is 1. The summed E-state index contributed by atoms with van der Waals surface area (Å²) in [5, 5.41) is 0. The quantitative estimate of drug-likeness (QED) is 0.922. The highest BCUT2D eigenvalue weighted by Gasteiger charge is 2.02. The molecule has 0 radical (unpaired) electrons. The Bertz CT molecular complexity index is 366. The Morgan fingerprint density at radius 2 is 2.33 bits per heavy atom. The highest BCUT2D eigenvalue weighted by molar-refractivity contribution is 9.10. The first-order valence-corrected chi connectivity index (χ1v) is 5.77. The van der Waals surface area contributed by atoms with Crippen LogP contribution in [0.25, 0.3) is 0 Å². The number of rotatable bonds is 4. The molecule has 1 aromatic rings. The summed E-state index contributed by atoms with van der Waals surface area (Å²) >= 11 is 8.93. The molecule has 0 aromatic heterocycles. The van der Waals surface area contributed by atoms with Crippen LogP contribution in [-0.4, -0.2) is 6.61 Å². The van der Waals surface area contributed by atoms with Gasteiger partial charge in [-0.3, -0.25) is 0 Å². The molecule has 1 aromatic carbocycles. The molecule has 0 saturated heterocycles. The largest absolute Gasteiger partial charge is 0.489 e. The molecule has 0 aliphatic carbocycles. The SMILES string of the molecule is C/C(=C/Cl)COc1ccc(Br)cc1CN. The van der Waals surface area contributed by atoms with Crippen molar-refractivity contribution in [2.75, 3.05) is 6.61 Å². The maximum absolute atomic E-state index is 5.62. The van der Waals surface area contributed by atoms with Crippen LogP contribution in [0, 0.1) is 0 Å². The minimum atomic E-state index is 0.457. The number of benzene rings is 1. The van der Waals surface area contributed by atoms with Crippen molar-refractivity contribution in [1.82, 2.24) is 0 Å². The Hall–Kier alpha value is -0.510. The zero-order chi connectivity index (χ0) is 11.3. The molecule has 0 heterocycles. The van der Waals surface area contributed by atoms with Crippen LogP contribution in [0.4, 0.5) is 0 Å². The van der Waals surface area contributed by atoms with E-state index >= 15 is 0 Å². The molecule has 2 nitrogen and oxygen atoms in total. The molecule has 0 aliphatic heterocycles. The summed E-state index contributed by atoms with van der Waals surface area (Å²) < 4.78 is 6.58. The van der Waals surface area contributed by atoms with Gasteiger partial charge in [0.2, 0.25) is 0 Å². The maximum atomic E-state index is 5.62. The molecule has 1 rings (SSSR count). The van der Waals surface area contributed by atoms with Crippen molar-refractivity contribution in [3.63, 3.8) is 0 Å². The number of hydrogen-bond acceptors (Lipinski definition) is 2. The van der Waals surface area contributed by atoms with E-state index in [-0.39, 0.29) is 0 Å². The second-order valence-corrected chi connectivity index (χ2v) is 4.33.